The van der Waals surface area contributed by atoms with Crippen molar-refractivity contribution in [1.82, 2.24) is 0 Å². The number of rotatable bonds is 5. The lowest BCUT2D eigenvalue weighted by Crippen LogP contribution is -2.33. The van der Waals surface area contributed by atoms with E-state index in [0.717, 1.165) is 11.4 Å². The van der Waals surface area contributed by atoms with Gasteiger partial charge in [-0.15, -0.1) is 0 Å². The predicted molar refractivity (Wildman–Crippen MR) is 69.0 cm³/mol. The lowest BCUT2D eigenvalue weighted by atomic mass is 10.0. The standard InChI is InChI=1S/C13H19N3O/c1-9(2)13(8-15)16-12-6-11(17-3)5-4-10(12)7-14/h4-6,9,13,16H,8,15H2,1-3H3. The van der Waals surface area contributed by atoms with Crippen LogP contribution in [0.15, 0.2) is 18.2 Å². The van der Waals surface area contributed by atoms with Crippen LogP contribution in [0.5, 0.6) is 5.75 Å². The summed E-state index contributed by atoms with van der Waals surface area (Å²) in [4.78, 5) is 0. The number of hydrogen-bond donors (Lipinski definition) is 2. The number of nitriles is 1. The number of nitrogens with one attached hydrogen (secondary N) is 1. The van der Waals surface area contributed by atoms with Crippen molar-refractivity contribution in [1.29, 1.82) is 5.26 Å². The second-order valence-electron chi connectivity index (χ2n) is 4.25. The van der Waals surface area contributed by atoms with E-state index in [1.165, 1.54) is 0 Å². The quantitative estimate of drug-likeness (QED) is 0.815. The van der Waals surface area contributed by atoms with E-state index in [4.69, 9.17) is 15.7 Å². The molecule has 92 valence electrons. The summed E-state index contributed by atoms with van der Waals surface area (Å²) in [6.07, 6.45) is 0. The summed E-state index contributed by atoms with van der Waals surface area (Å²) in [6, 6.07) is 7.65. The number of ether oxygens (including phenoxy) is 1. The molecule has 0 fully saturated rings. The van der Waals surface area contributed by atoms with Gasteiger partial charge in [-0.2, -0.15) is 5.26 Å². The van der Waals surface area contributed by atoms with Gasteiger partial charge in [-0.1, -0.05) is 13.8 Å². The van der Waals surface area contributed by atoms with Gasteiger partial charge in [0, 0.05) is 18.7 Å². The van der Waals surface area contributed by atoms with Crippen LogP contribution >= 0.6 is 0 Å². The van der Waals surface area contributed by atoms with Crippen LogP contribution in [-0.2, 0) is 0 Å². The summed E-state index contributed by atoms with van der Waals surface area (Å²) in [5.74, 6) is 1.13. The molecule has 0 aromatic heterocycles. The third kappa shape index (κ3) is 3.36. The average molecular weight is 233 g/mol. The van der Waals surface area contributed by atoms with Gasteiger partial charge in [0.05, 0.1) is 18.4 Å². The number of anilines is 1. The highest BCUT2D eigenvalue weighted by Crippen LogP contribution is 2.23. The minimum absolute atomic E-state index is 0.147. The molecule has 0 amide bonds. The highest BCUT2D eigenvalue weighted by atomic mass is 16.5. The zero-order valence-corrected chi connectivity index (χ0v) is 10.5. The third-order valence-corrected chi connectivity index (χ3v) is 2.75. The van der Waals surface area contributed by atoms with Crippen molar-refractivity contribution < 1.29 is 4.74 Å². The zero-order valence-electron chi connectivity index (χ0n) is 10.5. The second kappa shape index (κ2) is 6.12. The van der Waals surface area contributed by atoms with Gasteiger partial charge >= 0.3 is 0 Å². The second-order valence-corrected chi connectivity index (χ2v) is 4.25. The fraction of sp³-hybridized carbons (Fsp3) is 0.462. The number of methoxy groups -OCH3 is 1. The maximum absolute atomic E-state index is 9.04. The monoisotopic (exact) mass is 233 g/mol. The van der Waals surface area contributed by atoms with Crippen molar-refractivity contribution in [3.05, 3.63) is 23.8 Å². The van der Waals surface area contributed by atoms with E-state index in [0.29, 0.717) is 18.0 Å². The topological polar surface area (TPSA) is 71.1 Å². The molecule has 0 saturated carbocycles. The Morgan fingerprint density at radius 2 is 2.18 bits per heavy atom. The fourth-order valence-electron chi connectivity index (χ4n) is 1.56. The first-order valence-electron chi connectivity index (χ1n) is 5.67. The SMILES string of the molecule is COc1ccc(C#N)c(NC(CN)C(C)C)c1. The first-order chi connectivity index (χ1) is 8.12. The number of nitrogens with two attached hydrogens (primary N) is 1. The van der Waals surface area contributed by atoms with Crippen molar-refractivity contribution >= 4 is 5.69 Å². The molecule has 0 aliphatic heterocycles. The average Bonchev–Trinajstić information content (AvgIpc) is 2.35. The molecule has 0 aliphatic carbocycles. The summed E-state index contributed by atoms with van der Waals surface area (Å²) < 4.78 is 5.15. The van der Waals surface area contributed by atoms with E-state index in [9.17, 15) is 0 Å². The Balaban J connectivity index is 2.99. The van der Waals surface area contributed by atoms with Gasteiger partial charge in [0.1, 0.15) is 11.8 Å². The van der Waals surface area contributed by atoms with Crippen LogP contribution in [0.2, 0.25) is 0 Å². The molecule has 1 atom stereocenters. The lowest BCUT2D eigenvalue weighted by Gasteiger charge is -2.22. The summed E-state index contributed by atoms with van der Waals surface area (Å²) in [6.45, 7) is 4.72. The molecule has 0 heterocycles. The molecule has 1 unspecified atom stereocenters. The van der Waals surface area contributed by atoms with Gasteiger partial charge in [-0.3, -0.25) is 0 Å². The van der Waals surface area contributed by atoms with Gasteiger partial charge in [0.25, 0.3) is 0 Å². The molecule has 4 nitrogen and oxygen atoms in total. The van der Waals surface area contributed by atoms with Crippen LogP contribution < -0.4 is 15.8 Å². The van der Waals surface area contributed by atoms with Crippen molar-refractivity contribution in [3.63, 3.8) is 0 Å². The Morgan fingerprint density at radius 3 is 2.65 bits per heavy atom. The molecule has 17 heavy (non-hydrogen) atoms. The van der Waals surface area contributed by atoms with Crippen molar-refractivity contribution in [2.75, 3.05) is 19.0 Å². The maximum atomic E-state index is 9.04. The molecule has 1 aromatic carbocycles. The van der Waals surface area contributed by atoms with E-state index >= 15 is 0 Å². The molecule has 1 aromatic rings. The minimum Gasteiger partial charge on any atom is -0.497 e. The Bertz CT molecular complexity index is 410. The zero-order chi connectivity index (χ0) is 12.8. The molecule has 0 aliphatic rings. The number of hydrogen-bond acceptors (Lipinski definition) is 4. The van der Waals surface area contributed by atoms with Crippen molar-refractivity contribution in [3.8, 4) is 11.8 Å². The lowest BCUT2D eigenvalue weighted by molar-refractivity contribution is 0.415. The highest BCUT2D eigenvalue weighted by molar-refractivity contribution is 5.61. The molecule has 3 N–H and O–H groups in total. The first kappa shape index (κ1) is 13.3. The van der Waals surface area contributed by atoms with Gasteiger partial charge in [-0.05, 0) is 18.1 Å². The van der Waals surface area contributed by atoms with Gasteiger partial charge in [0.2, 0.25) is 0 Å². The van der Waals surface area contributed by atoms with Gasteiger partial charge < -0.3 is 15.8 Å². The molecule has 1 rings (SSSR count). The molecule has 0 spiro atoms. The Hall–Kier alpha value is -1.73. The normalized spacial score (nSPS) is 12.0. The first-order valence-corrected chi connectivity index (χ1v) is 5.67. The Kier molecular flexibility index (Phi) is 4.80. The van der Waals surface area contributed by atoms with Crippen LogP contribution in [0.4, 0.5) is 5.69 Å². The van der Waals surface area contributed by atoms with E-state index in [1.54, 1.807) is 19.2 Å². The molecule has 0 bridgehead atoms. The highest BCUT2D eigenvalue weighted by Gasteiger charge is 2.13. The minimum atomic E-state index is 0.147. The Morgan fingerprint density at radius 1 is 1.47 bits per heavy atom. The van der Waals surface area contributed by atoms with E-state index in [2.05, 4.69) is 25.2 Å². The number of nitrogens with zero attached hydrogens (tertiary/aromatic N) is 1. The maximum Gasteiger partial charge on any atom is 0.121 e. The van der Waals surface area contributed by atoms with Gasteiger partial charge in [0.15, 0.2) is 0 Å². The van der Waals surface area contributed by atoms with E-state index in [1.807, 2.05) is 6.07 Å². The van der Waals surface area contributed by atoms with Crippen molar-refractivity contribution in [2.24, 2.45) is 11.7 Å². The van der Waals surface area contributed by atoms with E-state index < -0.39 is 0 Å². The van der Waals surface area contributed by atoms with Crippen LogP contribution in [0, 0.1) is 17.2 Å². The fourth-order valence-corrected chi connectivity index (χ4v) is 1.56. The summed E-state index contributed by atoms with van der Waals surface area (Å²) in [5, 5.41) is 12.3. The van der Waals surface area contributed by atoms with Crippen LogP contribution in [0.1, 0.15) is 19.4 Å². The largest absolute Gasteiger partial charge is 0.497 e. The van der Waals surface area contributed by atoms with Crippen molar-refractivity contribution in [2.45, 2.75) is 19.9 Å². The molecule has 0 radical (unpaired) electrons. The summed E-state index contributed by atoms with van der Waals surface area (Å²) >= 11 is 0. The predicted octanol–water partition coefficient (Wildman–Crippen LogP) is 1.96. The third-order valence-electron chi connectivity index (χ3n) is 2.75. The summed E-state index contributed by atoms with van der Waals surface area (Å²) in [7, 11) is 1.61. The van der Waals surface area contributed by atoms with Crippen LogP contribution in [0.25, 0.3) is 0 Å². The summed E-state index contributed by atoms with van der Waals surface area (Å²) in [5.41, 5.74) is 7.08. The Labute approximate surface area is 102 Å². The number of benzene rings is 1. The molecular weight excluding hydrogens is 214 g/mol. The molecule has 0 saturated heterocycles. The van der Waals surface area contributed by atoms with Crippen LogP contribution in [0.3, 0.4) is 0 Å². The molecule has 4 heteroatoms. The smallest absolute Gasteiger partial charge is 0.121 e. The molecular formula is C13H19N3O. The van der Waals surface area contributed by atoms with Gasteiger partial charge in [-0.25, -0.2) is 0 Å². The van der Waals surface area contributed by atoms with Crippen LogP contribution in [-0.4, -0.2) is 19.7 Å². The van der Waals surface area contributed by atoms with E-state index in [-0.39, 0.29) is 6.04 Å².